The average molecular weight is 775 g/mol. The topological polar surface area (TPSA) is 0 Å². The Morgan fingerprint density at radius 1 is 0.262 bits per heavy atom. The maximum atomic E-state index is 2.45. The lowest BCUT2D eigenvalue weighted by atomic mass is 9.80. The highest BCUT2D eigenvalue weighted by Gasteiger charge is 2.36. The van der Waals surface area contributed by atoms with Crippen molar-refractivity contribution in [3.63, 3.8) is 0 Å². The number of fused-ring (bicyclic) bond motifs is 9. The van der Waals surface area contributed by atoms with E-state index in [1.165, 1.54) is 144 Å². The van der Waals surface area contributed by atoms with Gasteiger partial charge in [-0.15, -0.1) is 0 Å². The molecule has 61 heavy (non-hydrogen) atoms. The summed E-state index contributed by atoms with van der Waals surface area (Å²) in [6.45, 7) is 9.34. The van der Waals surface area contributed by atoms with Crippen molar-refractivity contribution in [2.45, 2.75) is 33.1 Å². The molecule has 10 aromatic rings. The Labute approximate surface area is 357 Å². The summed E-state index contributed by atoms with van der Waals surface area (Å²) in [7, 11) is 0. The van der Waals surface area contributed by atoms with Gasteiger partial charge in [-0.1, -0.05) is 184 Å². The zero-order valence-electron chi connectivity index (χ0n) is 34.8. The monoisotopic (exact) mass is 774 g/mol. The minimum Gasteiger partial charge on any atom is -0.0616 e. The molecule has 0 saturated carbocycles. The molecule has 0 atom stereocenters. The second-order valence-electron chi connectivity index (χ2n) is 18.1. The van der Waals surface area contributed by atoms with Gasteiger partial charge in [0, 0.05) is 5.41 Å². The van der Waals surface area contributed by atoms with E-state index in [0.29, 0.717) is 0 Å². The highest BCUT2D eigenvalue weighted by Crippen LogP contribution is 2.53. The lowest BCUT2D eigenvalue weighted by Gasteiger charge is -2.23. The molecule has 0 bridgehead atoms. The van der Waals surface area contributed by atoms with Crippen LogP contribution in [0.1, 0.15) is 36.1 Å². The molecular formula is C61H42. The van der Waals surface area contributed by atoms with Gasteiger partial charge in [0.15, 0.2) is 0 Å². The predicted octanol–water partition coefficient (Wildman–Crippen LogP) is 16.9. The molecule has 0 amide bonds. The number of benzene rings is 10. The van der Waals surface area contributed by atoms with Crippen LogP contribution in [0.25, 0.3) is 122 Å². The second-order valence-corrected chi connectivity index (χ2v) is 18.1. The minimum atomic E-state index is -0.134. The van der Waals surface area contributed by atoms with Crippen LogP contribution in [0.5, 0.6) is 0 Å². The third-order valence-corrected chi connectivity index (χ3v) is 14.5. The standard InChI is InChI=1S/C61H42/c1-35-31-37(19-23-41(35)47-27-29-55-45-13-7-5-11-43(45)51-15-9-17-53(47)59(51)55)39-21-25-49-50-26-22-40(34-58(50)61(3,4)57(49)33-39)38-20-24-42(36(2)32-38)48-28-30-56-46-14-8-6-12-44(46)52-16-10-18-54(48)60(52)56/h5-34H,1-4H3. The number of aryl methyl sites for hydroxylation is 2. The molecule has 0 heteroatoms. The summed E-state index contributed by atoms with van der Waals surface area (Å²) in [4.78, 5) is 0. The maximum Gasteiger partial charge on any atom is 0.0159 e. The number of hydrogen-bond donors (Lipinski definition) is 0. The van der Waals surface area contributed by atoms with Gasteiger partial charge in [0.2, 0.25) is 0 Å². The fraction of sp³-hybridized carbons (Fsp3) is 0.0820. The van der Waals surface area contributed by atoms with Crippen molar-refractivity contribution in [3.05, 3.63) is 204 Å². The van der Waals surface area contributed by atoms with Crippen molar-refractivity contribution in [2.75, 3.05) is 0 Å². The largest absolute Gasteiger partial charge is 0.0616 e. The smallest absolute Gasteiger partial charge is 0.0159 e. The van der Waals surface area contributed by atoms with Gasteiger partial charge in [0.25, 0.3) is 0 Å². The summed E-state index contributed by atoms with van der Waals surface area (Å²) < 4.78 is 0. The first-order valence-corrected chi connectivity index (χ1v) is 21.7. The van der Waals surface area contributed by atoms with Gasteiger partial charge in [-0.3, -0.25) is 0 Å². The molecule has 0 saturated heterocycles. The van der Waals surface area contributed by atoms with Crippen LogP contribution >= 0.6 is 0 Å². The van der Waals surface area contributed by atoms with Crippen molar-refractivity contribution in [1.29, 1.82) is 0 Å². The Morgan fingerprint density at radius 3 is 0.967 bits per heavy atom. The van der Waals surface area contributed by atoms with E-state index in [4.69, 9.17) is 0 Å². The van der Waals surface area contributed by atoms with E-state index in [2.05, 4.69) is 210 Å². The zero-order valence-corrected chi connectivity index (χ0v) is 34.8. The molecule has 286 valence electrons. The molecule has 0 heterocycles. The molecule has 0 radical (unpaired) electrons. The van der Waals surface area contributed by atoms with Gasteiger partial charge < -0.3 is 0 Å². The Hall–Kier alpha value is -7.28. The quantitative estimate of drug-likeness (QED) is 0.167. The van der Waals surface area contributed by atoms with Gasteiger partial charge in [0.1, 0.15) is 0 Å². The lowest BCUT2D eigenvalue weighted by Crippen LogP contribution is -2.15. The molecule has 0 aromatic heterocycles. The molecule has 3 aliphatic rings. The summed E-state index contributed by atoms with van der Waals surface area (Å²) in [5, 5.41) is 5.41. The Balaban J connectivity index is 0.821. The summed E-state index contributed by atoms with van der Waals surface area (Å²) in [6.07, 6.45) is 0. The van der Waals surface area contributed by atoms with Crippen LogP contribution in [0.2, 0.25) is 0 Å². The third-order valence-electron chi connectivity index (χ3n) is 14.5. The van der Waals surface area contributed by atoms with Crippen molar-refractivity contribution in [2.24, 2.45) is 0 Å². The van der Waals surface area contributed by atoms with Gasteiger partial charge in [-0.2, -0.15) is 0 Å². The Morgan fingerprint density at radius 2 is 0.574 bits per heavy atom. The van der Waals surface area contributed by atoms with Crippen molar-refractivity contribution in [1.82, 2.24) is 0 Å². The number of rotatable bonds is 4. The molecule has 3 aliphatic carbocycles. The molecule has 0 N–H and O–H groups in total. The second kappa shape index (κ2) is 12.4. The SMILES string of the molecule is Cc1cc(-c2ccc3c(c2)C(C)(C)c2cc(-c4ccc(-c5ccc6c7c(cccc57)-c5ccccc5-6)c(C)c4)ccc2-3)ccc1-c1ccc2c3c(cccc13)-c1ccccc1-2. The summed E-state index contributed by atoms with van der Waals surface area (Å²) >= 11 is 0. The van der Waals surface area contributed by atoms with Gasteiger partial charge in [0.05, 0.1) is 0 Å². The molecular weight excluding hydrogens is 733 g/mol. The van der Waals surface area contributed by atoms with E-state index in [9.17, 15) is 0 Å². The van der Waals surface area contributed by atoms with Crippen LogP contribution in [-0.2, 0) is 5.41 Å². The maximum absolute atomic E-state index is 2.45. The predicted molar refractivity (Wildman–Crippen MR) is 259 cm³/mol. The van der Waals surface area contributed by atoms with Crippen LogP contribution in [0.4, 0.5) is 0 Å². The summed E-state index contributed by atoms with van der Waals surface area (Å²) in [6, 6.07) is 68.9. The van der Waals surface area contributed by atoms with E-state index in [1.54, 1.807) is 0 Å². The van der Waals surface area contributed by atoms with Crippen LogP contribution in [-0.4, -0.2) is 0 Å². The highest BCUT2D eigenvalue weighted by molar-refractivity contribution is 6.20. The van der Waals surface area contributed by atoms with Crippen LogP contribution in [0.3, 0.4) is 0 Å². The molecule has 13 rings (SSSR count). The zero-order chi connectivity index (χ0) is 40.7. The van der Waals surface area contributed by atoms with E-state index in [0.717, 1.165) is 0 Å². The fourth-order valence-corrected chi connectivity index (χ4v) is 11.5. The normalized spacial score (nSPS) is 13.4. The first kappa shape index (κ1) is 34.6. The first-order chi connectivity index (χ1) is 29.8. The molecule has 0 aliphatic heterocycles. The summed E-state index contributed by atoms with van der Waals surface area (Å²) in [5.74, 6) is 0. The molecule has 0 nitrogen and oxygen atoms in total. The van der Waals surface area contributed by atoms with Crippen molar-refractivity contribution >= 4 is 21.5 Å². The van der Waals surface area contributed by atoms with E-state index < -0.39 is 0 Å². The van der Waals surface area contributed by atoms with Crippen molar-refractivity contribution in [3.8, 4) is 100 Å². The lowest BCUT2D eigenvalue weighted by molar-refractivity contribution is 0.661. The van der Waals surface area contributed by atoms with Crippen LogP contribution < -0.4 is 0 Å². The van der Waals surface area contributed by atoms with Crippen molar-refractivity contribution < 1.29 is 0 Å². The van der Waals surface area contributed by atoms with E-state index >= 15 is 0 Å². The van der Waals surface area contributed by atoms with Crippen LogP contribution in [0, 0.1) is 13.8 Å². The summed E-state index contributed by atoms with van der Waals surface area (Å²) in [5.41, 5.74) is 28.9. The molecule has 10 aromatic carbocycles. The van der Waals surface area contributed by atoms with E-state index in [1.807, 2.05) is 0 Å². The fourth-order valence-electron chi connectivity index (χ4n) is 11.5. The van der Waals surface area contributed by atoms with Crippen LogP contribution in [0.15, 0.2) is 182 Å². The van der Waals surface area contributed by atoms with Gasteiger partial charge in [-0.25, -0.2) is 0 Å². The van der Waals surface area contributed by atoms with E-state index in [-0.39, 0.29) is 5.41 Å². The average Bonchev–Trinajstić information content (AvgIpc) is 3.88. The third kappa shape index (κ3) is 4.76. The Kier molecular flexibility index (Phi) is 7.02. The molecule has 0 fully saturated rings. The highest BCUT2D eigenvalue weighted by atomic mass is 14.4. The Bertz CT molecular complexity index is 3280. The first-order valence-electron chi connectivity index (χ1n) is 21.7. The molecule has 0 unspecified atom stereocenters. The molecule has 0 spiro atoms. The number of hydrogen-bond acceptors (Lipinski definition) is 0. The van der Waals surface area contributed by atoms with Gasteiger partial charge in [-0.05, 0) is 170 Å². The minimum absolute atomic E-state index is 0.134. The van der Waals surface area contributed by atoms with Gasteiger partial charge >= 0.3 is 0 Å².